The average Bonchev–Trinajstić information content (AvgIpc) is 2.19. The van der Waals surface area contributed by atoms with Crippen molar-refractivity contribution in [2.24, 2.45) is 5.73 Å². The molecule has 0 amide bonds. The van der Waals surface area contributed by atoms with Crippen molar-refractivity contribution in [1.82, 2.24) is 0 Å². The van der Waals surface area contributed by atoms with Crippen molar-refractivity contribution in [3.05, 3.63) is 29.8 Å². The molecule has 13 heavy (non-hydrogen) atoms. The van der Waals surface area contributed by atoms with Gasteiger partial charge in [-0.2, -0.15) is 0 Å². The molecule has 2 heteroatoms. The number of methoxy groups -OCH3 is 1. The Hall–Kier alpha value is -1.02. The van der Waals surface area contributed by atoms with Crippen LogP contribution in [0.3, 0.4) is 0 Å². The smallest absolute Gasteiger partial charge is 0.122 e. The minimum absolute atomic E-state index is 0.765. The van der Waals surface area contributed by atoms with Crippen LogP contribution < -0.4 is 10.5 Å². The molecule has 71 valence electrons. The maximum absolute atomic E-state index is 5.43. The lowest BCUT2D eigenvalue weighted by Crippen LogP contribution is -1.99. The third-order valence-electron chi connectivity index (χ3n) is 2.03. The molecule has 0 aliphatic heterocycles. The second kappa shape index (κ2) is 5.60. The molecular weight excluding hydrogens is 162 g/mol. The summed E-state index contributed by atoms with van der Waals surface area (Å²) in [7, 11) is 1.69. The van der Waals surface area contributed by atoms with Crippen LogP contribution in [0, 0.1) is 6.07 Å². The predicted molar refractivity (Wildman–Crippen MR) is 53.8 cm³/mol. The lowest BCUT2D eigenvalue weighted by Gasteiger charge is -2.06. The fraction of sp³-hybridized carbons (Fsp3) is 0.455. The molecule has 1 aromatic carbocycles. The molecule has 0 unspecified atom stereocenters. The second-order valence-electron chi connectivity index (χ2n) is 2.98. The van der Waals surface area contributed by atoms with E-state index in [1.54, 1.807) is 7.11 Å². The van der Waals surface area contributed by atoms with Crippen LogP contribution in [0.4, 0.5) is 0 Å². The highest BCUT2D eigenvalue weighted by Gasteiger charge is 1.99. The van der Waals surface area contributed by atoms with Gasteiger partial charge in [0, 0.05) is 0 Å². The molecule has 0 saturated heterocycles. The summed E-state index contributed by atoms with van der Waals surface area (Å²) in [6.07, 6.45) is 3.23. The molecule has 2 nitrogen and oxygen atoms in total. The molecule has 0 fully saturated rings. The summed E-state index contributed by atoms with van der Waals surface area (Å²) in [5, 5.41) is 0. The molecule has 1 radical (unpaired) electrons. The average molecular weight is 178 g/mol. The third-order valence-corrected chi connectivity index (χ3v) is 2.03. The van der Waals surface area contributed by atoms with Gasteiger partial charge < -0.3 is 10.5 Å². The lowest BCUT2D eigenvalue weighted by molar-refractivity contribution is 0.409. The monoisotopic (exact) mass is 178 g/mol. The molecule has 2 N–H and O–H groups in total. The van der Waals surface area contributed by atoms with Gasteiger partial charge in [0.05, 0.1) is 7.11 Å². The number of unbranched alkanes of at least 4 members (excludes halogenated alkanes) is 1. The van der Waals surface area contributed by atoms with E-state index in [1.807, 2.05) is 12.1 Å². The van der Waals surface area contributed by atoms with Crippen molar-refractivity contribution in [1.29, 1.82) is 0 Å². The number of hydrogen-bond acceptors (Lipinski definition) is 2. The van der Waals surface area contributed by atoms with Crippen LogP contribution in [-0.2, 0) is 6.42 Å². The molecule has 1 aromatic rings. The van der Waals surface area contributed by atoms with Gasteiger partial charge in [-0.05, 0) is 43.5 Å². The Labute approximate surface area is 79.7 Å². The highest BCUT2D eigenvalue weighted by atomic mass is 16.5. The van der Waals surface area contributed by atoms with Crippen LogP contribution in [-0.4, -0.2) is 13.7 Å². The Balaban J connectivity index is 2.54. The van der Waals surface area contributed by atoms with Gasteiger partial charge in [-0.1, -0.05) is 12.1 Å². The highest BCUT2D eigenvalue weighted by molar-refractivity contribution is 5.32. The van der Waals surface area contributed by atoms with Crippen LogP contribution >= 0.6 is 0 Å². The number of hydrogen-bond donors (Lipinski definition) is 1. The summed E-state index contributed by atoms with van der Waals surface area (Å²) in [5.41, 5.74) is 6.67. The van der Waals surface area contributed by atoms with Crippen LogP contribution in [0.5, 0.6) is 5.75 Å². The van der Waals surface area contributed by atoms with Crippen molar-refractivity contribution in [3.8, 4) is 5.75 Å². The molecule has 1 rings (SSSR count). The number of benzene rings is 1. The van der Waals surface area contributed by atoms with E-state index in [2.05, 4.69) is 12.1 Å². The minimum Gasteiger partial charge on any atom is -0.496 e. The topological polar surface area (TPSA) is 35.2 Å². The Bertz CT molecular complexity index is 248. The Morgan fingerprint density at radius 2 is 2.31 bits per heavy atom. The minimum atomic E-state index is 0.765. The molecule has 0 atom stereocenters. The largest absolute Gasteiger partial charge is 0.496 e. The van der Waals surface area contributed by atoms with E-state index in [-0.39, 0.29) is 0 Å². The van der Waals surface area contributed by atoms with Crippen molar-refractivity contribution in [2.45, 2.75) is 19.3 Å². The molecule has 0 bridgehead atoms. The molecule has 0 aromatic heterocycles. The Morgan fingerprint density at radius 1 is 1.46 bits per heavy atom. The first-order chi connectivity index (χ1) is 6.38. The SMILES string of the molecule is COc1c[c]ccc1CCCCN. The normalized spacial score (nSPS) is 10.0. The fourth-order valence-electron chi connectivity index (χ4n) is 1.30. The molecule has 0 spiro atoms. The van der Waals surface area contributed by atoms with E-state index in [4.69, 9.17) is 10.5 Å². The van der Waals surface area contributed by atoms with Gasteiger partial charge in [0.15, 0.2) is 0 Å². The summed E-state index contributed by atoms with van der Waals surface area (Å²) in [4.78, 5) is 0. The quantitative estimate of drug-likeness (QED) is 0.697. The maximum atomic E-state index is 5.43. The molecular formula is C11H16NO. The van der Waals surface area contributed by atoms with Crippen molar-refractivity contribution in [2.75, 3.05) is 13.7 Å². The van der Waals surface area contributed by atoms with E-state index >= 15 is 0 Å². The Morgan fingerprint density at radius 3 is 3.00 bits per heavy atom. The first-order valence-electron chi connectivity index (χ1n) is 4.61. The summed E-state index contributed by atoms with van der Waals surface area (Å²) < 4.78 is 5.21. The molecule has 0 saturated carbocycles. The van der Waals surface area contributed by atoms with E-state index in [1.165, 1.54) is 5.56 Å². The molecule has 0 aliphatic carbocycles. The third kappa shape index (κ3) is 3.07. The van der Waals surface area contributed by atoms with E-state index in [0.717, 1.165) is 31.6 Å². The van der Waals surface area contributed by atoms with E-state index in [0.29, 0.717) is 0 Å². The van der Waals surface area contributed by atoms with Crippen molar-refractivity contribution >= 4 is 0 Å². The zero-order valence-corrected chi connectivity index (χ0v) is 8.05. The van der Waals surface area contributed by atoms with Crippen molar-refractivity contribution < 1.29 is 4.74 Å². The van der Waals surface area contributed by atoms with Crippen LogP contribution in [0.2, 0.25) is 0 Å². The van der Waals surface area contributed by atoms with Crippen LogP contribution in [0.25, 0.3) is 0 Å². The number of nitrogens with two attached hydrogens (primary N) is 1. The Kier molecular flexibility index (Phi) is 4.33. The lowest BCUT2D eigenvalue weighted by atomic mass is 10.1. The first kappa shape index (κ1) is 10.1. The number of ether oxygens (including phenoxy) is 1. The molecule has 0 heterocycles. The van der Waals surface area contributed by atoms with Gasteiger partial charge in [-0.25, -0.2) is 0 Å². The summed E-state index contributed by atoms with van der Waals surface area (Å²) in [6, 6.07) is 8.83. The second-order valence-corrected chi connectivity index (χ2v) is 2.98. The molecule has 0 aliphatic rings. The van der Waals surface area contributed by atoms with Gasteiger partial charge >= 0.3 is 0 Å². The maximum Gasteiger partial charge on any atom is 0.122 e. The fourth-order valence-corrected chi connectivity index (χ4v) is 1.30. The number of aryl methyl sites for hydroxylation is 1. The van der Waals surface area contributed by atoms with Crippen molar-refractivity contribution in [3.63, 3.8) is 0 Å². The van der Waals surface area contributed by atoms with Gasteiger partial charge in [-0.3, -0.25) is 0 Å². The van der Waals surface area contributed by atoms with Gasteiger partial charge in [0.25, 0.3) is 0 Å². The summed E-state index contributed by atoms with van der Waals surface area (Å²) >= 11 is 0. The first-order valence-corrected chi connectivity index (χ1v) is 4.61. The summed E-state index contributed by atoms with van der Waals surface area (Å²) in [5.74, 6) is 0.930. The summed E-state index contributed by atoms with van der Waals surface area (Å²) in [6.45, 7) is 0.765. The van der Waals surface area contributed by atoms with E-state index < -0.39 is 0 Å². The van der Waals surface area contributed by atoms with Gasteiger partial charge in [0.2, 0.25) is 0 Å². The van der Waals surface area contributed by atoms with Gasteiger partial charge in [-0.15, -0.1) is 0 Å². The zero-order chi connectivity index (χ0) is 9.52. The standard InChI is InChI=1S/C11H16NO/c1-13-11-8-3-2-6-10(11)7-4-5-9-12/h2,6,8H,4-5,7,9,12H2,1H3. The zero-order valence-electron chi connectivity index (χ0n) is 8.05. The highest BCUT2D eigenvalue weighted by Crippen LogP contribution is 2.18. The van der Waals surface area contributed by atoms with E-state index in [9.17, 15) is 0 Å². The predicted octanol–water partition coefficient (Wildman–Crippen LogP) is 1.78. The van der Waals surface area contributed by atoms with Crippen LogP contribution in [0.1, 0.15) is 18.4 Å². The van der Waals surface area contributed by atoms with Crippen LogP contribution in [0.15, 0.2) is 18.2 Å². The number of rotatable bonds is 5. The van der Waals surface area contributed by atoms with Gasteiger partial charge in [0.1, 0.15) is 5.75 Å².